The number of rotatable bonds is 6. The number of hydrogen-bond donors (Lipinski definition) is 3. The van der Waals surface area contributed by atoms with Gasteiger partial charge in [-0.05, 0) is 35.9 Å². The molecule has 0 bridgehead atoms. The molecular formula is C20H19ClF3N5O3. The minimum atomic E-state index is -4.52. The number of hydrogen-bond acceptors (Lipinski definition) is 6. The van der Waals surface area contributed by atoms with Crippen molar-refractivity contribution < 1.29 is 22.7 Å². The molecule has 170 valence electrons. The van der Waals surface area contributed by atoms with E-state index < -0.39 is 17.4 Å². The highest BCUT2D eigenvalue weighted by atomic mass is 35.5. The van der Waals surface area contributed by atoms with Gasteiger partial charge >= 0.3 is 17.8 Å². The van der Waals surface area contributed by atoms with E-state index in [0.717, 1.165) is 22.4 Å². The van der Waals surface area contributed by atoms with Gasteiger partial charge in [0.1, 0.15) is 6.04 Å². The number of aromatic amines is 1. The number of aromatic nitrogens is 3. The Morgan fingerprint density at radius 2 is 1.91 bits per heavy atom. The average Bonchev–Trinajstić information content (AvgIpc) is 3.32. The number of halogens is 4. The first-order valence-electron chi connectivity index (χ1n) is 9.42. The third-order valence-electron chi connectivity index (χ3n) is 4.74. The lowest BCUT2D eigenvalue weighted by Gasteiger charge is -2.09. The van der Waals surface area contributed by atoms with Crippen LogP contribution in [0.1, 0.15) is 17.5 Å². The molecule has 0 spiro atoms. The van der Waals surface area contributed by atoms with Crippen LogP contribution in [0.2, 0.25) is 0 Å². The molecule has 0 saturated carbocycles. The predicted molar refractivity (Wildman–Crippen MR) is 112 cm³/mol. The molecule has 0 aliphatic carbocycles. The van der Waals surface area contributed by atoms with Crippen molar-refractivity contribution in [3.63, 3.8) is 0 Å². The summed E-state index contributed by atoms with van der Waals surface area (Å²) in [5.41, 5.74) is 0.00811. The van der Waals surface area contributed by atoms with Gasteiger partial charge in [-0.3, -0.25) is 9.78 Å². The predicted octanol–water partition coefficient (Wildman–Crippen LogP) is 3.15. The Hall–Kier alpha value is -3.31. The maximum Gasteiger partial charge on any atom is 0.416 e. The SMILES string of the molecule is Cl.O=C1OCC[C@H]1NCc1ccc(Nc2nn(-c3cccc(C(F)(F)F)c3)c(=O)[nH]2)cc1. The van der Waals surface area contributed by atoms with Gasteiger partial charge in [-0.15, -0.1) is 17.5 Å². The fraction of sp³-hybridized carbons (Fsp3) is 0.250. The van der Waals surface area contributed by atoms with Gasteiger partial charge in [0.2, 0.25) is 5.95 Å². The first-order chi connectivity index (χ1) is 14.8. The third-order valence-corrected chi connectivity index (χ3v) is 4.74. The van der Waals surface area contributed by atoms with Crippen molar-refractivity contribution >= 4 is 30.0 Å². The minimum Gasteiger partial charge on any atom is -0.464 e. The number of esters is 1. The zero-order valence-electron chi connectivity index (χ0n) is 16.5. The summed E-state index contributed by atoms with van der Waals surface area (Å²) in [7, 11) is 0. The van der Waals surface area contributed by atoms with Crippen molar-refractivity contribution in [1.29, 1.82) is 0 Å². The molecule has 1 aliphatic rings. The van der Waals surface area contributed by atoms with Gasteiger partial charge in [-0.2, -0.15) is 17.9 Å². The lowest BCUT2D eigenvalue weighted by atomic mass is 10.2. The van der Waals surface area contributed by atoms with Crippen LogP contribution in [0.5, 0.6) is 0 Å². The van der Waals surface area contributed by atoms with Gasteiger partial charge in [-0.1, -0.05) is 18.2 Å². The zero-order valence-corrected chi connectivity index (χ0v) is 17.3. The summed E-state index contributed by atoms with van der Waals surface area (Å²) < 4.78 is 44.5. The Morgan fingerprint density at radius 3 is 2.56 bits per heavy atom. The van der Waals surface area contributed by atoms with E-state index in [2.05, 4.69) is 20.7 Å². The second kappa shape index (κ2) is 9.45. The number of carbonyl (C=O) groups excluding carboxylic acids is 1. The van der Waals surface area contributed by atoms with Crippen LogP contribution in [0.4, 0.5) is 24.8 Å². The molecule has 0 radical (unpaired) electrons. The molecule has 1 fully saturated rings. The largest absolute Gasteiger partial charge is 0.464 e. The normalized spacial score (nSPS) is 15.8. The van der Waals surface area contributed by atoms with E-state index in [1.54, 1.807) is 12.1 Å². The molecule has 1 aliphatic heterocycles. The maximum atomic E-state index is 12.9. The molecule has 1 atom stereocenters. The fourth-order valence-corrected chi connectivity index (χ4v) is 3.13. The second-order valence-electron chi connectivity index (χ2n) is 6.95. The molecule has 8 nitrogen and oxygen atoms in total. The molecule has 3 N–H and O–H groups in total. The number of anilines is 2. The Kier molecular flexibility index (Phi) is 6.90. The molecule has 3 aromatic rings. The molecule has 2 heterocycles. The summed E-state index contributed by atoms with van der Waals surface area (Å²) in [4.78, 5) is 26.1. The van der Waals surface area contributed by atoms with E-state index in [4.69, 9.17) is 4.74 Å². The summed E-state index contributed by atoms with van der Waals surface area (Å²) in [6, 6.07) is 11.2. The summed E-state index contributed by atoms with van der Waals surface area (Å²) in [6.07, 6.45) is -3.88. The number of cyclic esters (lactones) is 1. The van der Waals surface area contributed by atoms with E-state index in [1.165, 1.54) is 12.1 Å². The number of alkyl halides is 3. The quantitative estimate of drug-likeness (QED) is 0.479. The monoisotopic (exact) mass is 469 g/mol. The van der Waals surface area contributed by atoms with Gasteiger partial charge in [0.15, 0.2) is 0 Å². The van der Waals surface area contributed by atoms with Gasteiger partial charge in [0.25, 0.3) is 0 Å². The molecule has 1 aromatic heterocycles. The lowest BCUT2D eigenvalue weighted by Crippen LogP contribution is -2.32. The van der Waals surface area contributed by atoms with E-state index in [-0.39, 0.29) is 36.1 Å². The van der Waals surface area contributed by atoms with Gasteiger partial charge in [0.05, 0.1) is 17.9 Å². The summed E-state index contributed by atoms with van der Waals surface area (Å²) in [5, 5.41) is 10.1. The average molecular weight is 470 g/mol. The highest BCUT2D eigenvalue weighted by Gasteiger charge is 2.30. The number of ether oxygens (including phenoxy) is 1. The van der Waals surface area contributed by atoms with Crippen molar-refractivity contribution in [3.05, 3.63) is 70.1 Å². The van der Waals surface area contributed by atoms with Crippen molar-refractivity contribution in [2.45, 2.75) is 25.2 Å². The van der Waals surface area contributed by atoms with Gasteiger partial charge < -0.3 is 15.4 Å². The van der Waals surface area contributed by atoms with E-state index in [0.29, 0.717) is 25.3 Å². The van der Waals surface area contributed by atoms with Crippen molar-refractivity contribution in [2.75, 3.05) is 11.9 Å². The Balaban J connectivity index is 0.00000289. The van der Waals surface area contributed by atoms with E-state index in [1.807, 2.05) is 12.1 Å². The number of H-pyrrole nitrogens is 1. The van der Waals surface area contributed by atoms with Crippen LogP contribution in [0.15, 0.2) is 53.3 Å². The molecule has 0 amide bonds. The standard InChI is InChI=1S/C20H18F3N5O3.ClH/c21-20(22,23)13-2-1-3-15(10-13)28-19(30)26-18(27-28)25-14-6-4-12(5-7-14)11-24-16-8-9-31-17(16)29;/h1-7,10,16,24H,8-9,11H2,(H2,25,26,27,30);1H/t16-;/m1./s1. The number of benzene rings is 2. The van der Waals surface area contributed by atoms with Crippen LogP contribution in [0.25, 0.3) is 5.69 Å². The fourth-order valence-electron chi connectivity index (χ4n) is 3.13. The van der Waals surface area contributed by atoms with E-state index in [9.17, 15) is 22.8 Å². The summed E-state index contributed by atoms with van der Waals surface area (Å²) in [5.74, 6) is -0.166. The molecule has 1 saturated heterocycles. The number of carbonyl (C=O) groups is 1. The van der Waals surface area contributed by atoms with Crippen molar-refractivity contribution in [1.82, 2.24) is 20.1 Å². The molecule has 0 unspecified atom stereocenters. The highest BCUT2D eigenvalue weighted by molar-refractivity contribution is 5.85. The Bertz CT molecular complexity index is 1140. The van der Waals surface area contributed by atoms with Crippen molar-refractivity contribution in [3.8, 4) is 5.69 Å². The topological polar surface area (TPSA) is 101 Å². The van der Waals surface area contributed by atoms with Gasteiger partial charge in [-0.25, -0.2) is 4.79 Å². The van der Waals surface area contributed by atoms with Crippen LogP contribution in [-0.4, -0.2) is 33.4 Å². The maximum absolute atomic E-state index is 12.9. The summed E-state index contributed by atoms with van der Waals surface area (Å²) >= 11 is 0. The Labute approximate surface area is 186 Å². The summed E-state index contributed by atoms with van der Waals surface area (Å²) in [6.45, 7) is 0.908. The zero-order chi connectivity index (χ0) is 22.0. The lowest BCUT2D eigenvalue weighted by molar-refractivity contribution is -0.140. The first kappa shape index (κ1) is 23.4. The molecule has 32 heavy (non-hydrogen) atoms. The van der Waals surface area contributed by atoms with E-state index >= 15 is 0 Å². The van der Waals surface area contributed by atoms with Crippen LogP contribution < -0.4 is 16.3 Å². The highest BCUT2D eigenvalue weighted by Crippen LogP contribution is 2.30. The van der Waals surface area contributed by atoms with Crippen LogP contribution in [0, 0.1) is 0 Å². The number of nitrogens with one attached hydrogen (secondary N) is 3. The molecule has 4 rings (SSSR count). The van der Waals surface area contributed by atoms with Gasteiger partial charge in [0, 0.05) is 18.7 Å². The van der Waals surface area contributed by atoms with Crippen LogP contribution >= 0.6 is 12.4 Å². The third kappa shape index (κ3) is 5.29. The van der Waals surface area contributed by atoms with Crippen LogP contribution in [-0.2, 0) is 22.3 Å². The molecule has 12 heteroatoms. The number of nitrogens with zero attached hydrogens (tertiary/aromatic N) is 2. The minimum absolute atomic E-state index is 0. The molecule has 2 aromatic carbocycles. The second-order valence-corrected chi connectivity index (χ2v) is 6.95. The van der Waals surface area contributed by atoms with Crippen molar-refractivity contribution in [2.24, 2.45) is 0 Å². The Morgan fingerprint density at radius 1 is 1.16 bits per heavy atom. The first-order valence-corrected chi connectivity index (χ1v) is 9.42. The smallest absolute Gasteiger partial charge is 0.416 e. The molecular weight excluding hydrogens is 451 g/mol. The van der Waals surface area contributed by atoms with Crippen LogP contribution in [0.3, 0.4) is 0 Å².